The van der Waals surface area contributed by atoms with Gasteiger partial charge in [-0.2, -0.15) is 0 Å². The quantitative estimate of drug-likeness (QED) is 0.594. The first-order chi connectivity index (χ1) is 6.65. The highest BCUT2D eigenvalue weighted by Gasteiger charge is 2.44. The Bertz CT molecular complexity index is 366. The molecular formula is C9H15NO6S. The molecule has 0 bridgehead atoms. The summed E-state index contributed by atoms with van der Waals surface area (Å²) in [5, 5.41) is 9.00. The summed E-state index contributed by atoms with van der Waals surface area (Å²) in [4.78, 5) is 23.5. The molecule has 0 aromatic rings. The summed E-state index contributed by atoms with van der Waals surface area (Å²) in [5.41, 5.74) is 0.742. The smallest absolute Gasteiger partial charge is 0.352 e. The van der Waals surface area contributed by atoms with E-state index in [2.05, 4.69) is 6.58 Å². The molecule has 17 heavy (non-hydrogen) atoms. The van der Waals surface area contributed by atoms with Crippen LogP contribution in [0.5, 0.6) is 0 Å². The van der Waals surface area contributed by atoms with Gasteiger partial charge in [0, 0.05) is 5.75 Å². The summed E-state index contributed by atoms with van der Waals surface area (Å²) in [5.74, 6) is -0.531. The van der Waals surface area contributed by atoms with Crippen LogP contribution in [-0.2, 0) is 9.59 Å². The Kier molecular flexibility index (Phi) is 6.79. The van der Waals surface area contributed by atoms with Gasteiger partial charge in [-0.15, -0.1) is 11.8 Å². The summed E-state index contributed by atoms with van der Waals surface area (Å²) in [7, 11) is 0. The first-order valence-corrected chi connectivity index (χ1v) is 5.22. The van der Waals surface area contributed by atoms with Gasteiger partial charge in [-0.25, -0.2) is 4.79 Å². The number of hydrogen-bond acceptors (Lipinski definition) is 3. The first kappa shape index (κ1) is 18.0. The molecule has 2 heterocycles. The molecule has 0 spiro atoms. The van der Waals surface area contributed by atoms with E-state index in [0.717, 1.165) is 0 Å². The second kappa shape index (κ2) is 6.40. The minimum absolute atomic E-state index is 0. The number of aliphatic carboxylic acids is 1. The summed E-state index contributed by atoms with van der Waals surface area (Å²) in [6.07, 6.45) is 1.96. The normalized spacial score (nSPS) is 21.1. The summed E-state index contributed by atoms with van der Waals surface area (Å²) >= 11 is 1.58. The third kappa shape index (κ3) is 2.67. The zero-order chi connectivity index (χ0) is 10.3. The summed E-state index contributed by atoms with van der Waals surface area (Å²) in [6, 6.07) is 0. The van der Waals surface area contributed by atoms with Crippen LogP contribution in [0, 0.1) is 0 Å². The number of rotatable bonds is 2. The molecule has 0 aromatic carbocycles. The molecule has 8 heteroatoms. The topological polar surface area (TPSA) is 152 Å². The second-order valence-corrected chi connectivity index (χ2v) is 4.28. The van der Waals surface area contributed by atoms with Gasteiger partial charge in [-0.3, -0.25) is 9.69 Å². The molecule has 1 atom stereocenters. The number of thioether (sulfide) groups is 1. The molecule has 98 valence electrons. The number of amides is 1. The molecule has 2 aliphatic rings. The van der Waals surface area contributed by atoms with Crippen LogP contribution in [0.25, 0.3) is 0 Å². The van der Waals surface area contributed by atoms with E-state index in [4.69, 9.17) is 5.11 Å². The van der Waals surface area contributed by atoms with E-state index >= 15 is 0 Å². The first-order valence-electron chi connectivity index (χ1n) is 4.17. The van der Waals surface area contributed by atoms with Gasteiger partial charge in [0.05, 0.1) is 11.8 Å². The molecule has 1 fully saturated rings. The fourth-order valence-electron chi connectivity index (χ4n) is 1.59. The molecule has 1 saturated heterocycles. The van der Waals surface area contributed by atoms with Crippen LogP contribution in [0.1, 0.15) is 6.42 Å². The standard InChI is InChI=1S/C9H9NO3S.3H2O/c1-2-5-4-14-7-3-6(11)10(7)8(5)9(12)13;;;/h2,7H,1,3-4H2,(H,12,13);3*1H2. The van der Waals surface area contributed by atoms with Crippen molar-refractivity contribution in [3.63, 3.8) is 0 Å². The third-order valence-electron chi connectivity index (χ3n) is 2.33. The van der Waals surface area contributed by atoms with Crippen LogP contribution in [0.15, 0.2) is 23.9 Å². The van der Waals surface area contributed by atoms with Gasteiger partial charge in [0.1, 0.15) is 5.70 Å². The number of allylic oxidation sites excluding steroid dienone is 1. The Morgan fingerprint density at radius 1 is 1.47 bits per heavy atom. The molecule has 1 amide bonds. The molecule has 2 aliphatic heterocycles. The van der Waals surface area contributed by atoms with Crippen molar-refractivity contribution in [2.75, 3.05) is 5.75 Å². The van der Waals surface area contributed by atoms with Crippen LogP contribution in [0.3, 0.4) is 0 Å². The van der Waals surface area contributed by atoms with Gasteiger partial charge in [-0.05, 0) is 5.57 Å². The Labute approximate surface area is 102 Å². The lowest BCUT2D eigenvalue weighted by molar-refractivity contribution is -0.146. The number of carboxylic acid groups (broad SMARTS) is 1. The lowest BCUT2D eigenvalue weighted by atomic mass is 10.1. The number of β-lactam (4-membered cyclic amide) rings is 1. The van der Waals surface area contributed by atoms with E-state index in [1.54, 1.807) is 11.8 Å². The van der Waals surface area contributed by atoms with Crippen LogP contribution < -0.4 is 0 Å². The number of nitrogens with zero attached hydrogens (tertiary/aromatic N) is 1. The van der Waals surface area contributed by atoms with Crippen LogP contribution in [0.2, 0.25) is 0 Å². The molecule has 2 rings (SSSR count). The van der Waals surface area contributed by atoms with Crippen molar-refractivity contribution < 1.29 is 31.1 Å². The number of carboxylic acids is 1. The Morgan fingerprint density at radius 3 is 2.47 bits per heavy atom. The van der Waals surface area contributed by atoms with E-state index in [1.165, 1.54) is 11.0 Å². The SMILES string of the molecule is C=CC1=C(C(=O)O)N2C(=O)CC2SC1.O.O.O. The highest BCUT2D eigenvalue weighted by Crippen LogP contribution is 2.39. The lowest BCUT2D eigenvalue weighted by Gasteiger charge is -2.43. The minimum atomic E-state index is -1.04. The molecule has 0 saturated carbocycles. The number of hydrogen-bond donors (Lipinski definition) is 1. The number of carbonyl (C=O) groups is 2. The molecule has 7 N–H and O–H groups in total. The van der Waals surface area contributed by atoms with Gasteiger partial charge in [0.25, 0.3) is 0 Å². The van der Waals surface area contributed by atoms with Crippen molar-refractivity contribution in [1.82, 2.24) is 4.90 Å². The molecule has 0 aliphatic carbocycles. The van der Waals surface area contributed by atoms with Gasteiger partial charge in [0.15, 0.2) is 0 Å². The zero-order valence-corrected chi connectivity index (χ0v) is 9.71. The van der Waals surface area contributed by atoms with Crippen molar-refractivity contribution in [3.8, 4) is 0 Å². The molecule has 7 nitrogen and oxygen atoms in total. The van der Waals surface area contributed by atoms with E-state index in [-0.39, 0.29) is 33.4 Å². The van der Waals surface area contributed by atoms with Crippen LogP contribution in [0.4, 0.5) is 0 Å². The van der Waals surface area contributed by atoms with Crippen molar-refractivity contribution in [3.05, 3.63) is 23.9 Å². The molecule has 0 radical (unpaired) electrons. The highest BCUT2D eigenvalue weighted by atomic mass is 32.2. The Balaban J connectivity index is 0. The Hall–Kier alpha value is -1.35. The predicted octanol–water partition coefficient (Wildman–Crippen LogP) is -1.66. The predicted molar refractivity (Wildman–Crippen MR) is 63.4 cm³/mol. The van der Waals surface area contributed by atoms with E-state index in [1.807, 2.05) is 0 Å². The average Bonchev–Trinajstić information content (AvgIpc) is 2.15. The fraction of sp³-hybridized carbons (Fsp3) is 0.333. The van der Waals surface area contributed by atoms with Crippen molar-refractivity contribution >= 4 is 23.6 Å². The van der Waals surface area contributed by atoms with Gasteiger partial charge >= 0.3 is 5.97 Å². The number of carbonyl (C=O) groups excluding carboxylic acids is 1. The zero-order valence-electron chi connectivity index (χ0n) is 8.90. The maximum Gasteiger partial charge on any atom is 0.352 e. The van der Waals surface area contributed by atoms with Gasteiger partial charge < -0.3 is 21.5 Å². The van der Waals surface area contributed by atoms with Gasteiger partial charge in [0.2, 0.25) is 5.91 Å². The molecular weight excluding hydrogens is 250 g/mol. The largest absolute Gasteiger partial charge is 0.477 e. The minimum Gasteiger partial charge on any atom is -0.477 e. The van der Waals surface area contributed by atoms with E-state index in [0.29, 0.717) is 17.7 Å². The Morgan fingerprint density at radius 2 is 2.06 bits per heavy atom. The molecule has 1 unspecified atom stereocenters. The average molecular weight is 265 g/mol. The van der Waals surface area contributed by atoms with Crippen molar-refractivity contribution in [2.45, 2.75) is 11.8 Å². The van der Waals surface area contributed by atoms with Crippen molar-refractivity contribution in [2.24, 2.45) is 0 Å². The van der Waals surface area contributed by atoms with Crippen LogP contribution in [-0.4, -0.2) is 49.4 Å². The summed E-state index contributed by atoms with van der Waals surface area (Å²) < 4.78 is 0. The monoisotopic (exact) mass is 265 g/mol. The summed E-state index contributed by atoms with van der Waals surface area (Å²) in [6.45, 7) is 3.55. The lowest BCUT2D eigenvalue weighted by Crippen LogP contribution is -2.53. The van der Waals surface area contributed by atoms with Crippen LogP contribution >= 0.6 is 11.8 Å². The van der Waals surface area contributed by atoms with E-state index < -0.39 is 5.97 Å². The van der Waals surface area contributed by atoms with Gasteiger partial charge in [-0.1, -0.05) is 12.7 Å². The second-order valence-electron chi connectivity index (χ2n) is 3.12. The van der Waals surface area contributed by atoms with Crippen molar-refractivity contribution in [1.29, 1.82) is 0 Å². The van der Waals surface area contributed by atoms with E-state index in [9.17, 15) is 9.59 Å². The molecule has 0 aromatic heterocycles. The highest BCUT2D eigenvalue weighted by molar-refractivity contribution is 8.00. The maximum absolute atomic E-state index is 11.2. The maximum atomic E-state index is 11.2. The number of fused-ring (bicyclic) bond motifs is 1. The fourth-order valence-corrected chi connectivity index (χ4v) is 2.85. The third-order valence-corrected chi connectivity index (χ3v) is 3.57.